The van der Waals surface area contributed by atoms with Crippen molar-refractivity contribution in [3.05, 3.63) is 35.4 Å². The third-order valence-electron chi connectivity index (χ3n) is 3.92. The van der Waals surface area contributed by atoms with E-state index in [9.17, 15) is 9.90 Å². The van der Waals surface area contributed by atoms with Crippen molar-refractivity contribution in [1.29, 1.82) is 0 Å². The Balaban J connectivity index is 2.09. The maximum atomic E-state index is 10.9. The Hall–Kier alpha value is -1.35. The van der Waals surface area contributed by atoms with E-state index in [1.54, 1.807) is 6.92 Å². The standard InChI is InChI=1S/C15H20O3/c1-10(15(17)18)11-5-7-12(8-6-11)13-3-2-4-14(16)9-13/h5-8,10,13-14,16H,2-4,9H2,1H3,(H,17,18). The highest BCUT2D eigenvalue weighted by molar-refractivity contribution is 5.75. The van der Waals surface area contributed by atoms with Crippen molar-refractivity contribution in [3.63, 3.8) is 0 Å². The first-order chi connectivity index (χ1) is 8.58. The number of rotatable bonds is 3. The molecule has 0 radical (unpaired) electrons. The van der Waals surface area contributed by atoms with E-state index >= 15 is 0 Å². The van der Waals surface area contributed by atoms with Crippen LogP contribution in [-0.2, 0) is 4.79 Å². The molecular weight excluding hydrogens is 228 g/mol. The highest BCUT2D eigenvalue weighted by atomic mass is 16.4. The van der Waals surface area contributed by atoms with Crippen LogP contribution >= 0.6 is 0 Å². The second-order valence-electron chi connectivity index (χ2n) is 5.24. The van der Waals surface area contributed by atoms with Crippen molar-refractivity contribution < 1.29 is 15.0 Å². The molecule has 1 aliphatic carbocycles. The van der Waals surface area contributed by atoms with Gasteiger partial charge in [0.2, 0.25) is 0 Å². The van der Waals surface area contributed by atoms with E-state index in [0.29, 0.717) is 5.92 Å². The number of carboxylic acid groups (broad SMARTS) is 1. The Morgan fingerprint density at radius 2 is 1.94 bits per heavy atom. The largest absolute Gasteiger partial charge is 0.481 e. The van der Waals surface area contributed by atoms with Crippen molar-refractivity contribution >= 4 is 5.97 Å². The summed E-state index contributed by atoms with van der Waals surface area (Å²) in [5, 5.41) is 18.6. The summed E-state index contributed by atoms with van der Waals surface area (Å²) in [6.07, 6.45) is 3.74. The molecule has 1 fully saturated rings. The van der Waals surface area contributed by atoms with Crippen molar-refractivity contribution in [2.24, 2.45) is 0 Å². The van der Waals surface area contributed by atoms with Gasteiger partial charge in [-0.3, -0.25) is 4.79 Å². The number of hydrogen-bond donors (Lipinski definition) is 2. The summed E-state index contributed by atoms with van der Waals surface area (Å²) in [4.78, 5) is 10.9. The molecule has 1 saturated carbocycles. The molecule has 0 spiro atoms. The molecule has 0 saturated heterocycles. The Morgan fingerprint density at radius 3 is 2.50 bits per heavy atom. The fourth-order valence-corrected chi connectivity index (χ4v) is 2.67. The summed E-state index contributed by atoms with van der Waals surface area (Å²) in [5.41, 5.74) is 2.05. The van der Waals surface area contributed by atoms with Crippen LogP contribution in [0.2, 0.25) is 0 Å². The van der Waals surface area contributed by atoms with Gasteiger partial charge in [0.05, 0.1) is 12.0 Å². The van der Waals surface area contributed by atoms with Crippen LogP contribution in [0, 0.1) is 0 Å². The maximum Gasteiger partial charge on any atom is 0.310 e. The van der Waals surface area contributed by atoms with E-state index in [2.05, 4.69) is 0 Å². The first-order valence-electron chi connectivity index (χ1n) is 6.58. The van der Waals surface area contributed by atoms with Gasteiger partial charge < -0.3 is 10.2 Å². The minimum atomic E-state index is -0.796. The van der Waals surface area contributed by atoms with Crippen LogP contribution in [0.3, 0.4) is 0 Å². The van der Waals surface area contributed by atoms with Gasteiger partial charge >= 0.3 is 5.97 Å². The summed E-state index contributed by atoms with van der Waals surface area (Å²) in [7, 11) is 0. The lowest BCUT2D eigenvalue weighted by Crippen LogP contribution is -2.18. The minimum absolute atomic E-state index is 0.179. The number of aliphatic hydroxyl groups is 1. The molecule has 3 atom stereocenters. The molecule has 1 aliphatic rings. The molecule has 1 aromatic rings. The van der Waals surface area contributed by atoms with Crippen LogP contribution in [-0.4, -0.2) is 22.3 Å². The first kappa shape index (κ1) is 13.1. The molecule has 1 aromatic carbocycles. The number of aliphatic hydroxyl groups excluding tert-OH is 1. The average Bonchev–Trinajstić information content (AvgIpc) is 2.38. The van der Waals surface area contributed by atoms with Gasteiger partial charge in [0.25, 0.3) is 0 Å². The third kappa shape index (κ3) is 2.91. The predicted octanol–water partition coefficient (Wildman–Crippen LogP) is 2.89. The molecule has 0 heterocycles. The van der Waals surface area contributed by atoms with Gasteiger partial charge in [-0.15, -0.1) is 0 Å². The molecule has 3 nitrogen and oxygen atoms in total. The zero-order valence-electron chi connectivity index (χ0n) is 10.7. The fourth-order valence-electron chi connectivity index (χ4n) is 2.67. The fraction of sp³-hybridized carbons (Fsp3) is 0.533. The second kappa shape index (κ2) is 5.53. The third-order valence-corrected chi connectivity index (χ3v) is 3.92. The van der Waals surface area contributed by atoms with E-state index in [-0.39, 0.29) is 6.10 Å². The summed E-state index contributed by atoms with van der Waals surface area (Å²) in [5.74, 6) is -0.838. The lowest BCUT2D eigenvalue weighted by atomic mass is 9.82. The van der Waals surface area contributed by atoms with Gasteiger partial charge in [0.1, 0.15) is 0 Å². The number of aliphatic carboxylic acids is 1. The normalized spacial score (nSPS) is 25.7. The number of carboxylic acids is 1. The zero-order valence-corrected chi connectivity index (χ0v) is 10.7. The molecule has 3 heteroatoms. The quantitative estimate of drug-likeness (QED) is 0.864. The summed E-state index contributed by atoms with van der Waals surface area (Å²) in [6, 6.07) is 7.82. The van der Waals surface area contributed by atoms with Gasteiger partial charge in [-0.2, -0.15) is 0 Å². The highest BCUT2D eigenvalue weighted by Gasteiger charge is 2.22. The predicted molar refractivity (Wildman–Crippen MR) is 69.7 cm³/mol. The smallest absolute Gasteiger partial charge is 0.310 e. The monoisotopic (exact) mass is 248 g/mol. The average molecular weight is 248 g/mol. The molecule has 0 aromatic heterocycles. The van der Waals surface area contributed by atoms with E-state index in [1.807, 2.05) is 24.3 Å². The SMILES string of the molecule is CC(C(=O)O)c1ccc(C2CCCC(O)C2)cc1. The lowest BCUT2D eigenvalue weighted by Gasteiger charge is -2.26. The summed E-state index contributed by atoms with van der Waals surface area (Å²) in [6.45, 7) is 1.70. The van der Waals surface area contributed by atoms with Crippen molar-refractivity contribution in [2.75, 3.05) is 0 Å². The minimum Gasteiger partial charge on any atom is -0.481 e. The van der Waals surface area contributed by atoms with Gasteiger partial charge in [0, 0.05) is 0 Å². The van der Waals surface area contributed by atoms with Crippen molar-refractivity contribution in [1.82, 2.24) is 0 Å². The Labute approximate surface area is 107 Å². The maximum absolute atomic E-state index is 10.9. The van der Waals surface area contributed by atoms with E-state index in [1.165, 1.54) is 5.56 Å². The van der Waals surface area contributed by atoms with Gasteiger partial charge in [-0.05, 0) is 43.2 Å². The number of hydrogen-bond acceptors (Lipinski definition) is 2. The Kier molecular flexibility index (Phi) is 4.02. The lowest BCUT2D eigenvalue weighted by molar-refractivity contribution is -0.138. The summed E-state index contributed by atoms with van der Waals surface area (Å²) < 4.78 is 0. The Bertz CT molecular complexity index is 410. The highest BCUT2D eigenvalue weighted by Crippen LogP contribution is 2.33. The molecule has 18 heavy (non-hydrogen) atoms. The van der Waals surface area contributed by atoms with Crippen molar-refractivity contribution in [2.45, 2.75) is 50.5 Å². The van der Waals surface area contributed by atoms with Crippen LogP contribution in [0.4, 0.5) is 0 Å². The van der Waals surface area contributed by atoms with Crippen LogP contribution < -0.4 is 0 Å². The first-order valence-corrected chi connectivity index (χ1v) is 6.58. The molecule has 2 rings (SSSR count). The molecule has 0 bridgehead atoms. The molecule has 0 aliphatic heterocycles. The Morgan fingerprint density at radius 1 is 1.28 bits per heavy atom. The number of benzene rings is 1. The molecular formula is C15H20O3. The van der Waals surface area contributed by atoms with Crippen LogP contribution in [0.5, 0.6) is 0 Å². The van der Waals surface area contributed by atoms with Crippen LogP contribution in [0.25, 0.3) is 0 Å². The molecule has 3 unspecified atom stereocenters. The van der Waals surface area contributed by atoms with Crippen LogP contribution in [0.1, 0.15) is 55.6 Å². The summed E-state index contributed by atoms with van der Waals surface area (Å²) >= 11 is 0. The molecule has 2 N–H and O–H groups in total. The van der Waals surface area contributed by atoms with E-state index in [0.717, 1.165) is 31.2 Å². The molecule has 0 amide bonds. The number of carbonyl (C=O) groups is 1. The second-order valence-corrected chi connectivity index (χ2v) is 5.24. The van der Waals surface area contributed by atoms with Crippen LogP contribution in [0.15, 0.2) is 24.3 Å². The molecule has 98 valence electrons. The van der Waals surface area contributed by atoms with Gasteiger partial charge in [0.15, 0.2) is 0 Å². The van der Waals surface area contributed by atoms with E-state index < -0.39 is 11.9 Å². The van der Waals surface area contributed by atoms with Crippen molar-refractivity contribution in [3.8, 4) is 0 Å². The van der Waals surface area contributed by atoms with E-state index in [4.69, 9.17) is 5.11 Å². The van der Waals surface area contributed by atoms with Gasteiger partial charge in [-0.25, -0.2) is 0 Å². The topological polar surface area (TPSA) is 57.5 Å². The van der Waals surface area contributed by atoms with Gasteiger partial charge in [-0.1, -0.05) is 30.7 Å². The zero-order chi connectivity index (χ0) is 13.1.